The number of carboxylic acid groups (broad SMARTS) is 1. The number of benzene rings is 1. The smallest absolute Gasteiger partial charge is 0.314 e. The first-order chi connectivity index (χ1) is 12.7. The molecule has 2 rings (SSSR count). The highest BCUT2D eigenvalue weighted by Gasteiger charge is 2.50. The Hall–Kier alpha value is -2.48. The van der Waals surface area contributed by atoms with Gasteiger partial charge >= 0.3 is 5.97 Å². The number of rotatable bonds is 6. The molecule has 2 atom stereocenters. The minimum absolute atomic E-state index is 0.0145. The third-order valence-electron chi connectivity index (χ3n) is 5.05. The van der Waals surface area contributed by atoms with E-state index >= 15 is 0 Å². The lowest BCUT2D eigenvalue weighted by Gasteiger charge is -2.43. The van der Waals surface area contributed by atoms with Crippen LogP contribution in [0.25, 0.3) is 0 Å². The van der Waals surface area contributed by atoms with Crippen LogP contribution in [0.1, 0.15) is 24.8 Å². The number of likely N-dealkylation sites (tertiary alicyclic amines) is 1. The SMILES string of the molecule is CN(C)C(=O)CCC(=O)N1CC[C@H](O)[C@](Cc2ccc(F)cc2)(C(=O)O)C1. The molecule has 1 aliphatic rings. The zero-order valence-corrected chi connectivity index (χ0v) is 15.5. The quantitative estimate of drug-likeness (QED) is 0.764. The van der Waals surface area contributed by atoms with E-state index in [1.165, 1.54) is 34.1 Å². The molecule has 1 aliphatic heterocycles. The third-order valence-corrected chi connectivity index (χ3v) is 5.05. The van der Waals surface area contributed by atoms with Gasteiger partial charge in [-0.1, -0.05) is 12.1 Å². The standard InChI is InChI=1S/C19H25FN2O5/c1-21(2)16(24)7-8-17(25)22-10-9-15(23)19(12-22,18(26)27)11-13-3-5-14(20)6-4-13/h3-6,15,23H,7-12H2,1-2H3,(H,26,27)/t15-,19+/m0/s1. The van der Waals surface area contributed by atoms with E-state index in [-0.39, 0.29) is 50.6 Å². The maximum Gasteiger partial charge on any atom is 0.314 e. The molecule has 148 valence electrons. The summed E-state index contributed by atoms with van der Waals surface area (Å²) in [6.45, 7) is 0.0739. The average Bonchev–Trinajstić information content (AvgIpc) is 2.62. The van der Waals surface area contributed by atoms with Crippen LogP contribution >= 0.6 is 0 Å². The summed E-state index contributed by atoms with van der Waals surface area (Å²) in [5, 5.41) is 20.3. The fraction of sp³-hybridized carbons (Fsp3) is 0.526. The number of hydrogen-bond acceptors (Lipinski definition) is 4. The highest BCUT2D eigenvalue weighted by atomic mass is 19.1. The number of piperidine rings is 1. The van der Waals surface area contributed by atoms with Gasteiger partial charge in [-0.2, -0.15) is 0 Å². The van der Waals surface area contributed by atoms with E-state index in [0.29, 0.717) is 5.56 Å². The summed E-state index contributed by atoms with van der Waals surface area (Å²) in [6, 6.07) is 5.41. The number of hydrogen-bond donors (Lipinski definition) is 2. The van der Waals surface area contributed by atoms with Crippen molar-refractivity contribution >= 4 is 17.8 Å². The topological polar surface area (TPSA) is 98.2 Å². The Morgan fingerprint density at radius 2 is 1.85 bits per heavy atom. The highest BCUT2D eigenvalue weighted by molar-refractivity contribution is 5.84. The van der Waals surface area contributed by atoms with E-state index in [2.05, 4.69) is 0 Å². The van der Waals surface area contributed by atoms with Crippen molar-refractivity contribution in [3.05, 3.63) is 35.6 Å². The van der Waals surface area contributed by atoms with Crippen molar-refractivity contribution in [2.75, 3.05) is 27.2 Å². The second-order valence-corrected chi connectivity index (χ2v) is 7.17. The summed E-state index contributed by atoms with van der Waals surface area (Å²) in [6.07, 6.45) is -1.000. The monoisotopic (exact) mass is 380 g/mol. The normalized spacial score (nSPS) is 22.4. The van der Waals surface area contributed by atoms with E-state index in [1.54, 1.807) is 14.1 Å². The largest absolute Gasteiger partial charge is 0.481 e. The minimum Gasteiger partial charge on any atom is -0.481 e. The Morgan fingerprint density at radius 1 is 1.22 bits per heavy atom. The molecule has 0 radical (unpaired) electrons. The molecule has 2 N–H and O–H groups in total. The number of carbonyl (C=O) groups is 3. The van der Waals surface area contributed by atoms with Crippen LogP contribution in [-0.4, -0.2) is 71.1 Å². The molecule has 1 aromatic rings. The van der Waals surface area contributed by atoms with E-state index in [0.717, 1.165) is 0 Å². The molecule has 1 heterocycles. The summed E-state index contributed by atoms with van der Waals surface area (Å²) in [4.78, 5) is 39.0. The molecule has 0 saturated carbocycles. The molecule has 8 heteroatoms. The summed E-state index contributed by atoms with van der Waals surface area (Å²) in [7, 11) is 3.20. The molecule has 1 fully saturated rings. The molecule has 7 nitrogen and oxygen atoms in total. The van der Waals surface area contributed by atoms with Crippen molar-refractivity contribution < 1.29 is 29.0 Å². The van der Waals surface area contributed by atoms with Gasteiger partial charge in [-0.15, -0.1) is 0 Å². The van der Waals surface area contributed by atoms with Gasteiger partial charge in [-0.3, -0.25) is 14.4 Å². The lowest BCUT2D eigenvalue weighted by Crippen LogP contribution is -2.58. The molecule has 1 saturated heterocycles. The molecular weight excluding hydrogens is 355 g/mol. The van der Waals surface area contributed by atoms with Gasteiger partial charge in [0, 0.05) is 40.0 Å². The lowest BCUT2D eigenvalue weighted by atomic mass is 9.72. The van der Waals surface area contributed by atoms with Crippen LogP contribution in [-0.2, 0) is 20.8 Å². The molecule has 0 aliphatic carbocycles. The summed E-state index contributed by atoms with van der Waals surface area (Å²) in [5.74, 6) is -2.14. The Balaban J connectivity index is 2.15. The van der Waals surface area contributed by atoms with Gasteiger partial charge in [0.1, 0.15) is 11.2 Å². The molecular formula is C19H25FN2O5. The summed E-state index contributed by atoms with van der Waals surface area (Å²) in [5.41, 5.74) is -1.01. The second-order valence-electron chi connectivity index (χ2n) is 7.17. The molecule has 0 aromatic heterocycles. The van der Waals surface area contributed by atoms with Crippen LogP contribution in [0.5, 0.6) is 0 Å². The van der Waals surface area contributed by atoms with Crippen LogP contribution in [0.15, 0.2) is 24.3 Å². The fourth-order valence-electron chi connectivity index (χ4n) is 3.31. The van der Waals surface area contributed by atoms with Crippen LogP contribution in [0.3, 0.4) is 0 Å². The number of carbonyl (C=O) groups excluding carboxylic acids is 2. The number of carboxylic acids is 1. The van der Waals surface area contributed by atoms with Crippen molar-refractivity contribution in [1.82, 2.24) is 9.80 Å². The zero-order chi connectivity index (χ0) is 20.2. The van der Waals surface area contributed by atoms with Crippen LogP contribution in [0, 0.1) is 11.2 Å². The maximum absolute atomic E-state index is 13.1. The van der Waals surface area contributed by atoms with Gasteiger partial charge in [0.15, 0.2) is 0 Å². The molecule has 1 aromatic carbocycles. The number of amides is 2. The van der Waals surface area contributed by atoms with Crippen LogP contribution in [0.2, 0.25) is 0 Å². The van der Waals surface area contributed by atoms with Gasteiger partial charge in [0.2, 0.25) is 11.8 Å². The van der Waals surface area contributed by atoms with Crippen molar-refractivity contribution in [3.63, 3.8) is 0 Å². The first-order valence-electron chi connectivity index (χ1n) is 8.79. The van der Waals surface area contributed by atoms with Gasteiger partial charge in [0.25, 0.3) is 0 Å². The highest BCUT2D eigenvalue weighted by Crippen LogP contribution is 2.35. The van der Waals surface area contributed by atoms with E-state index in [4.69, 9.17) is 0 Å². The zero-order valence-electron chi connectivity index (χ0n) is 15.5. The minimum atomic E-state index is -1.57. The molecule has 27 heavy (non-hydrogen) atoms. The van der Waals surface area contributed by atoms with E-state index in [1.807, 2.05) is 0 Å². The molecule has 0 unspecified atom stereocenters. The van der Waals surface area contributed by atoms with Crippen LogP contribution < -0.4 is 0 Å². The van der Waals surface area contributed by atoms with Crippen molar-refractivity contribution in [2.24, 2.45) is 5.41 Å². The third kappa shape index (κ3) is 4.82. The summed E-state index contributed by atoms with van der Waals surface area (Å²) < 4.78 is 13.1. The Bertz CT molecular complexity index is 707. The van der Waals surface area contributed by atoms with Gasteiger partial charge < -0.3 is 20.0 Å². The second kappa shape index (κ2) is 8.47. The first kappa shape index (κ1) is 20.8. The Labute approximate surface area is 157 Å². The summed E-state index contributed by atoms with van der Waals surface area (Å²) >= 11 is 0. The van der Waals surface area contributed by atoms with Crippen molar-refractivity contribution in [1.29, 1.82) is 0 Å². The first-order valence-corrected chi connectivity index (χ1v) is 8.79. The number of nitrogens with zero attached hydrogens (tertiary/aromatic N) is 2. The Morgan fingerprint density at radius 3 is 2.41 bits per heavy atom. The van der Waals surface area contributed by atoms with E-state index in [9.17, 15) is 29.0 Å². The average molecular weight is 380 g/mol. The maximum atomic E-state index is 13.1. The number of halogens is 1. The van der Waals surface area contributed by atoms with Crippen molar-refractivity contribution in [2.45, 2.75) is 31.8 Å². The van der Waals surface area contributed by atoms with Crippen molar-refractivity contribution in [3.8, 4) is 0 Å². The molecule has 2 amide bonds. The number of aliphatic carboxylic acids is 1. The van der Waals surface area contributed by atoms with E-state index < -0.39 is 23.3 Å². The number of aliphatic hydroxyl groups excluding tert-OH is 1. The predicted molar refractivity (Wildman–Crippen MR) is 95.3 cm³/mol. The van der Waals surface area contributed by atoms with Gasteiger partial charge in [-0.05, 0) is 30.5 Å². The molecule has 0 bridgehead atoms. The van der Waals surface area contributed by atoms with Gasteiger partial charge in [0.05, 0.1) is 6.10 Å². The molecule has 0 spiro atoms. The predicted octanol–water partition coefficient (Wildman–Crippen LogP) is 0.901. The van der Waals surface area contributed by atoms with Gasteiger partial charge in [-0.25, -0.2) is 4.39 Å². The lowest BCUT2D eigenvalue weighted by molar-refractivity contribution is -0.166. The van der Waals surface area contributed by atoms with Crippen LogP contribution in [0.4, 0.5) is 4.39 Å². The fourth-order valence-corrected chi connectivity index (χ4v) is 3.31. The Kier molecular flexibility index (Phi) is 6.54. The number of aliphatic hydroxyl groups is 1.